The van der Waals surface area contributed by atoms with Crippen LogP contribution < -0.4 is 5.73 Å². The van der Waals surface area contributed by atoms with Gasteiger partial charge in [-0.05, 0) is 41.6 Å². The highest BCUT2D eigenvalue weighted by molar-refractivity contribution is 5.83. The molecule has 0 unspecified atom stereocenters. The molecule has 0 aliphatic carbocycles. The van der Waals surface area contributed by atoms with Crippen molar-refractivity contribution in [3.8, 4) is 0 Å². The second-order valence-electron chi connectivity index (χ2n) is 4.63. The van der Waals surface area contributed by atoms with Crippen LogP contribution in [-0.2, 0) is 6.54 Å². The van der Waals surface area contributed by atoms with Gasteiger partial charge in [0.05, 0.1) is 5.52 Å². The summed E-state index contributed by atoms with van der Waals surface area (Å²) in [6.07, 6.45) is 5.87. The van der Waals surface area contributed by atoms with E-state index in [2.05, 4.69) is 40.9 Å². The van der Waals surface area contributed by atoms with Crippen molar-refractivity contribution in [3.05, 3.63) is 60.0 Å². The normalized spacial score (nSPS) is 10.9. The molecule has 0 aliphatic rings. The summed E-state index contributed by atoms with van der Waals surface area (Å²) in [6.45, 7) is 2.88. The average molecular weight is 237 g/mol. The predicted molar refractivity (Wildman–Crippen MR) is 74.4 cm³/mol. The van der Waals surface area contributed by atoms with Crippen LogP contribution >= 0.6 is 0 Å². The van der Waals surface area contributed by atoms with Gasteiger partial charge in [0.25, 0.3) is 0 Å². The zero-order chi connectivity index (χ0) is 12.5. The summed E-state index contributed by atoms with van der Waals surface area (Å²) >= 11 is 0. The van der Waals surface area contributed by atoms with Gasteiger partial charge in [0.2, 0.25) is 0 Å². The molecule has 0 amide bonds. The Morgan fingerprint density at radius 3 is 2.89 bits per heavy atom. The molecular formula is C15H15N3. The topological polar surface area (TPSA) is 43.8 Å². The smallest absolute Gasteiger partial charge is 0.0504 e. The lowest BCUT2D eigenvalue weighted by Gasteiger charge is -2.06. The van der Waals surface area contributed by atoms with Crippen molar-refractivity contribution in [2.75, 3.05) is 5.73 Å². The number of aromatic nitrogens is 2. The summed E-state index contributed by atoms with van der Waals surface area (Å²) < 4.78 is 2.20. The molecule has 0 bridgehead atoms. The monoisotopic (exact) mass is 237 g/mol. The Morgan fingerprint density at radius 1 is 1.17 bits per heavy atom. The fourth-order valence-electron chi connectivity index (χ4n) is 2.24. The number of nitrogen functional groups attached to an aromatic ring is 1. The molecule has 0 saturated heterocycles. The van der Waals surface area contributed by atoms with Crippen molar-refractivity contribution in [2.24, 2.45) is 0 Å². The van der Waals surface area contributed by atoms with E-state index in [-0.39, 0.29) is 0 Å². The van der Waals surface area contributed by atoms with E-state index in [4.69, 9.17) is 5.73 Å². The molecule has 2 N–H and O–H groups in total. The zero-order valence-electron chi connectivity index (χ0n) is 10.3. The van der Waals surface area contributed by atoms with Gasteiger partial charge in [-0.3, -0.25) is 4.98 Å². The van der Waals surface area contributed by atoms with Crippen LogP contribution in [0.3, 0.4) is 0 Å². The lowest BCUT2D eigenvalue weighted by molar-refractivity contribution is 0.830. The third kappa shape index (κ3) is 1.95. The van der Waals surface area contributed by atoms with Crippen LogP contribution in [-0.4, -0.2) is 9.55 Å². The van der Waals surface area contributed by atoms with Gasteiger partial charge in [0.1, 0.15) is 0 Å². The Balaban J connectivity index is 2.02. The minimum absolute atomic E-state index is 0.796. The first-order valence-electron chi connectivity index (χ1n) is 5.97. The van der Waals surface area contributed by atoms with Crippen molar-refractivity contribution in [1.29, 1.82) is 0 Å². The first-order chi connectivity index (χ1) is 8.72. The third-order valence-corrected chi connectivity index (χ3v) is 3.08. The molecule has 0 radical (unpaired) electrons. The number of pyridine rings is 1. The molecule has 3 aromatic rings. The summed E-state index contributed by atoms with van der Waals surface area (Å²) in [5.74, 6) is 0. The lowest BCUT2D eigenvalue weighted by atomic mass is 10.2. The number of hydrogen-bond acceptors (Lipinski definition) is 2. The Labute approximate surface area is 106 Å². The average Bonchev–Trinajstić information content (AvgIpc) is 2.72. The summed E-state index contributed by atoms with van der Waals surface area (Å²) in [4.78, 5) is 4.22. The lowest BCUT2D eigenvalue weighted by Crippen LogP contribution is -1.99. The van der Waals surface area contributed by atoms with Crippen LogP contribution in [0.4, 0.5) is 5.69 Å². The number of benzene rings is 1. The third-order valence-electron chi connectivity index (χ3n) is 3.08. The second-order valence-corrected chi connectivity index (χ2v) is 4.63. The van der Waals surface area contributed by atoms with Gasteiger partial charge in [-0.2, -0.15) is 0 Å². The van der Waals surface area contributed by atoms with Gasteiger partial charge in [0, 0.05) is 30.8 Å². The molecular weight excluding hydrogens is 222 g/mol. The van der Waals surface area contributed by atoms with Gasteiger partial charge in [0.15, 0.2) is 0 Å². The van der Waals surface area contributed by atoms with Crippen LogP contribution in [0.5, 0.6) is 0 Å². The summed E-state index contributed by atoms with van der Waals surface area (Å²) in [7, 11) is 0. The molecule has 3 rings (SSSR count). The summed E-state index contributed by atoms with van der Waals surface area (Å²) in [5.41, 5.74) is 10.2. The summed E-state index contributed by atoms with van der Waals surface area (Å²) in [6, 6.07) is 10.3. The van der Waals surface area contributed by atoms with Gasteiger partial charge >= 0.3 is 0 Å². The van der Waals surface area contributed by atoms with Gasteiger partial charge in [-0.1, -0.05) is 12.1 Å². The van der Waals surface area contributed by atoms with Gasteiger partial charge in [-0.25, -0.2) is 0 Å². The molecule has 0 atom stereocenters. The number of nitrogens with two attached hydrogens (primary N) is 1. The van der Waals surface area contributed by atoms with E-state index in [1.807, 2.05) is 24.5 Å². The molecule has 0 saturated carbocycles. The molecule has 18 heavy (non-hydrogen) atoms. The zero-order valence-corrected chi connectivity index (χ0v) is 10.3. The molecule has 1 aromatic carbocycles. The Kier molecular flexibility index (Phi) is 2.52. The van der Waals surface area contributed by atoms with Crippen molar-refractivity contribution < 1.29 is 0 Å². The highest BCUT2D eigenvalue weighted by atomic mass is 15.0. The van der Waals surface area contributed by atoms with Crippen LogP contribution in [0, 0.1) is 6.92 Å². The number of rotatable bonds is 2. The maximum atomic E-state index is 5.84. The highest BCUT2D eigenvalue weighted by Crippen LogP contribution is 2.20. The molecule has 3 nitrogen and oxygen atoms in total. The first-order valence-corrected chi connectivity index (χ1v) is 5.97. The van der Waals surface area contributed by atoms with Crippen LogP contribution in [0.1, 0.15) is 11.1 Å². The molecule has 2 heterocycles. The molecule has 0 spiro atoms. The molecule has 0 aliphatic heterocycles. The fourth-order valence-corrected chi connectivity index (χ4v) is 2.24. The number of aryl methyl sites for hydroxylation is 1. The fraction of sp³-hybridized carbons (Fsp3) is 0.133. The van der Waals surface area contributed by atoms with E-state index in [1.54, 1.807) is 0 Å². The molecule has 90 valence electrons. The number of nitrogens with zero attached hydrogens (tertiary/aromatic N) is 2. The molecule has 0 fully saturated rings. The van der Waals surface area contributed by atoms with Crippen LogP contribution in [0.25, 0.3) is 10.9 Å². The Morgan fingerprint density at radius 2 is 2.06 bits per heavy atom. The summed E-state index contributed by atoms with van der Waals surface area (Å²) in [5, 5.41) is 1.21. The minimum Gasteiger partial charge on any atom is -0.399 e. The van der Waals surface area contributed by atoms with Crippen LogP contribution in [0.2, 0.25) is 0 Å². The number of hydrogen-bond donors (Lipinski definition) is 1. The molecule has 2 aromatic heterocycles. The van der Waals surface area contributed by atoms with E-state index in [0.29, 0.717) is 0 Å². The standard InChI is InChI=1S/C15H15N3/c1-11-6-12(9-17-8-11)10-18-5-4-13-2-3-14(16)7-15(13)18/h2-9H,10,16H2,1H3. The van der Waals surface area contributed by atoms with Gasteiger partial charge < -0.3 is 10.3 Å². The van der Waals surface area contributed by atoms with Crippen molar-refractivity contribution >= 4 is 16.6 Å². The highest BCUT2D eigenvalue weighted by Gasteiger charge is 2.02. The van der Waals surface area contributed by atoms with E-state index >= 15 is 0 Å². The van der Waals surface area contributed by atoms with Crippen molar-refractivity contribution in [2.45, 2.75) is 13.5 Å². The van der Waals surface area contributed by atoms with E-state index in [0.717, 1.165) is 17.7 Å². The Hall–Kier alpha value is -2.29. The second kappa shape index (κ2) is 4.18. The van der Waals surface area contributed by atoms with Crippen molar-refractivity contribution in [1.82, 2.24) is 9.55 Å². The maximum absolute atomic E-state index is 5.84. The minimum atomic E-state index is 0.796. The van der Waals surface area contributed by atoms with Crippen LogP contribution in [0.15, 0.2) is 48.9 Å². The predicted octanol–water partition coefficient (Wildman–Crippen LogP) is 2.98. The molecule has 3 heteroatoms. The SMILES string of the molecule is Cc1cncc(Cn2ccc3ccc(N)cc32)c1. The number of fused-ring (bicyclic) bond motifs is 1. The quantitative estimate of drug-likeness (QED) is 0.696. The Bertz CT molecular complexity index is 698. The van der Waals surface area contributed by atoms with Crippen molar-refractivity contribution in [3.63, 3.8) is 0 Å². The van der Waals surface area contributed by atoms with Gasteiger partial charge in [-0.15, -0.1) is 0 Å². The largest absolute Gasteiger partial charge is 0.399 e. The van der Waals surface area contributed by atoms with E-state index in [9.17, 15) is 0 Å². The maximum Gasteiger partial charge on any atom is 0.0504 e. The van der Waals surface area contributed by atoms with E-state index in [1.165, 1.54) is 16.5 Å². The first kappa shape index (κ1) is 10.8. The van der Waals surface area contributed by atoms with E-state index < -0.39 is 0 Å². The number of anilines is 1.